The van der Waals surface area contributed by atoms with Crippen LogP contribution in [0.15, 0.2) is 28.0 Å². The summed E-state index contributed by atoms with van der Waals surface area (Å²) in [5, 5.41) is 3.66. The molecule has 2 aromatic rings. The van der Waals surface area contributed by atoms with E-state index in [9.17, 15) is 4.79 Å². The van der Waals surface area contributed by atoms with Gasteiger partial charge in [-0.3, -0.25) is 9.69 Å². The number of thioether (sulfide) groups is 1. The highest BCUT2D eigenvalue weighted by molar-refractivity contribution is 7.99. The Kier molecular flexibility index (Phi) is 7.66. The van der Waals surface area contributed by atoms with Gasteiger partial charge >= 0.3 is 0 Å². The Morgan fingerprint density at radius 2 is 1.88 bits per heavy atom. The Labute approximate surface area is 159 Å². The summed E-state index contributed by atoms with van der Waals surface area (Å²) >= 11 is 1.36. The molecule has 0 radical (unpaired) electrons. The molecule has 1 amide bonds. The summed E-state index contributed by atoms with van der Waals surface area (Å²) in [7, 11) is 0. The second-order valence-electron chi connectivity index (χ2n) is 6.15. The van der Waals surface area contributed by atoms with Crippen molar-refractivity contribution in [2.75, 3.05) is 25.4 Å². The molecule has 0 saturated heterocycles. The number of rotatable bonds is 9. The number of furan rings is 1. The number of carbonyl (C=O) groups is 1. The predicted molar refractivity (Wildman–Crippen MR) is 104 cm³/mol. The van der Waals surface area contributed by atoms with Crippen molar-refractivity contribution >= 4 is 17.7 Å². The maximum Gasteiger partial charge on any atom is 0.230 e. The highest BCUT2D eigenvalue weighted by Crippen LogP contribution is 2.21. The van der Waals surface area contributed by atoms with Crippen LogP contribution in [-0.4, -0.2) is 46.2 Å². The van der Waals surface area contributed by atoms with Crippen LogP contribution in [0.5, 0.6) is 0 Å². The summed E-state index contributed by atoms with van der Waals surface area (Å²) in [5.41, 5.74) is 3.01. The van der Waals surface area contributed by atoms with Crippen molar-refractivity contribution < 1.29 is 9.21 Å². The van der Waals surface area contributed by atoms with Crippen molar-refractivity contribution in [1.82, 2.24) is 20.2 Å². The van der Waals surface area contributed by atoms with Crippen LogP contribution in [0, 0.1) is 20.8 Å². The van der Waals surface area contributed by atoms with E-state index in [1.54, 1.807) is 6.26 Å². The monoisotopic (exact) mass is 376 g/mol. The molecule has 0 aliphatic heterocycles. The second-order valence-corrected chi connectivity index (χ2v) is 7.09. The summed E-state index contributed by atoms with van der Waals surface area (Å²) in [5.74, 6) is 1.14. The average molecular weight is 377 g/mol. The van der Waals surface area contributed by atoms with E-state index in [1.165, 1.54) is 11.8 Å². The molecule has 0 saturated carbocycles. The van der Waals surface area contributed by atoms with Crippen LogP contribution in [0.25, 0.3) is 0 Å². The third kappa shape index (κ3) is 5.32. The first-order chi connectivity index (χ1) is 12.5. The molecule has 0 aromatic carbocycles. The highest BCUT2D eigenvalue weighted by atomic mass is 32.2. The fourth-order valence-corrected chi connectivity index (χ4v) is 3.52. The molecule has 2 rings (SSSR count). The van der Waals surface area contributed by atoms with Crippen molar-refractivity contribution in [3.63, 3.8) is 0 Å². The Morgan fingerprint density at radius 1 is 1.23 bits per heavy atom. The lowest BCUT2D eigenvalue weighted by atomic mass is 10.2. The van der Waals surface area contributed by atoms with Gasteiger partial charge in [0.1, 0.15) is 5.76 Å². The van der Waals surface area contributed by atoms with Gasteiger partial charge in [-0.25, -0.2) is 9.97 Å². The van der Waals surface area contributed by atoms with Gasteiger partial charge in [0.15, 0.2) is 5.16 Å². The van der Waals surface area contributed by atoms with Crippen LogP contribution < -0.4 is 5.32 Å². The fraction of sp³-hybridized carbons (Fsp3) is 0.526. The molecule has 2 heterocycles. The van der Waals surface area contributed by atoms with Crippen LogP contribution >= 0.6 is 11.8 Å². The zero-order chi connectivity index (χ0) is 19.1. The Bertz CT molecular complexity index is 691. The first-order valence-corrected chi connectivity index (χ1v) is 9.93. The molecule has 26 heavy (non-hydrogen) atoms. The number of carbonyl (C=O) groups excluding carboxylic acids is 1. The van der Waals surface area contributed by atoms with Gasteiger partial charge in [0.2, 0.25) is 5.91 Å². The minimum Gasteiger partial charge on any atom is -0.468 e. The average Bonchev–Trinajstić information content (AvgIpc) is 3.15. The van der Waals surface area contributed by atoms with E-state index < -0.39 is 0 Å². The molecule has 1 atom stereocenters. The van der Waals surface area contributed by atoms with Crippen molar-refractivity contribution in [2.45, 2.75) is 45.8 Å². The van der Waals surface area contributed by atoms with E-state index in [0.29, 0.717) is 17.5 Å². The first-order valence-electron chi connectivity index (χ1n) is 8.95. The van der Waals surface area contributed by atoms with Gasteiger partial charge in [-0.05, 0) is 51.6 Å². The Balaban J connectivity index is 1.92. The lowest BCUT2D eigenvalue weighted by molar-refractivity contribution is -0.118. The number of amides is 1. The molecule has 1 unspecified atom stereocenters. The SMILES string of the molecule is CCN(CC)C(CNC(=O)CSc1nc(C)c(C)c(C)n1)c1ccco1. The first kappa shape index (κ1) is 20.5. The maximum absolute atomic E-state index is 12.3. The van der Waals surface area contributed by atoms with Gasteiger partial charge in [-0.1, -0.05) is 25.6 Å². The van der Waals surface area contributed by atoms with E-state index in [1.807, 2.05) is 32.9 Å². The summed E-state index contributed by atoms with van der Waals surface area (Å²) in [6.45, 7) is 12.4. The smallest absolute Gasteiger partial charge is 0.230 e. The van der Waals surface area contributed by atoms with Crippen molar-refractivity contribution in [3.8, 4) is 0 Å². The minimum absolute atomic E-state index is 0.0295. The number of aromatic nitrogens is 2. The predicted octanol–water partition coefficient (Wildman–Crippen LogP) is 3.29. The standard InChI is InChI=1S/C19H28N4O2S/c1-6-23(7-2)16(17-9-8-10-25-17)11-20-18(24)12-26-19-21-14(4)13(3)15(5)22-19/h8-10,16H,6-7,11-12H2,1-5H3,(H,20,24). The van der Waals surface area contributed by atoms with Crippen molar-refractivity contribution in [2.24, 2.45) is 0 Å². The van der Waals surface area contributed by atoms with E-state index in [-0.39, 0.29) is 11.9 Å². The molecular formula is C19H28N4O2S. The molecule has 6 nitrogen and oxygen atoms in total. The molecule has 142 valence electrons. The third-order valence-corrected chi connectivity index (χ3v) is 5.41. The van der Waals surface area contributed by atoms with Gasteiger partial charge < -0.3 is 9.73 Å². The zero-order valence-electron chi connectivity index (χ0n) is 16.2. The van der Waals surface area contributed by atoms with Crippen LogP contribution in [0.1, 0.15) is 42.6 Å². The van der Waals surface area contributed by atoms with Crippen LogP contribution in [0.3, 0.4) is 0 Å². The van der Waals surface area contributed by atoms with Gasteiger partial charge in [-0.2, -0.15) is 0 Å². The minimum atomic E-state index is -0.0295. The van der Waals surface area contributed by atoms with Gasteiger partial charge in [-0.15, -0.1) is 0 Å². The summed E-state index contributed by atoms with van der Waals surface area (Å²) in [6.07, 6.45) is 1.67. The summed E-state index contributed by atoms with van der Waals surface area (Å²) in [4.78, 5) is 23.4. The molecule has 2 aromatic heterocycles. The molecule has 0 spiro atoms. The topological polar surface area (TPSA) is 71.3 Å². The van der Waals surface area contributed by atoms with E-state index in [0.717, 1.165) is 35.8 Å². The molecule has 0 bridgehead atoms. The number of aryl methyl sites for hydroxylation is 2. The third-order valence-electron chi connectivity index (χ3n) is 4.56. The lowest BCUT2D eigenvalue weighted by Gasteiger charge is -2.28. The highest BCUT2D eigenvalue weighted by Gasteiger charge is 2.21. The second kappa shape index (κ2) is 9.73. The fourth-order valence-electron chi connectivity index (χ4n) is 2.75. The van der Waals surface area contributed by atoms with E-state index in [2.05, 4.69) is 34.0 Å². The van der Waals surface area contributed by atoms with Crippen LogP contribution in [0.4, 0.5) is 0 Å². The molecule has 0 aliphatic rings. The maximum atomic E-state index is 12.3. The number of hydrogen-bond acceptors (Lipinski definition) is 6. The molecule has 0 aliphatic carbocycles. The number of nitrogens with zero attached hydrogens (tertiary/aromatic N) is 3. The van der Waals surface area contributed by atoms with Gasteiger partial charge in [0, 0.05) is 17.9 Å². The van der Waals surface area contributed by atoms with Crippen LogP contribution in [0.2, 0.25) is 0 Å². The Morgan fingerprint density at radius 3 is 2.42 bits per heavy atom. The van der Waals surface area contributed by atoms with Crippen LogP contribution in [-0.2, 0) is 4.79 Å². The normalized spacial score (nSPS) is 12.4. The van der Waals surface area contributed by atoms with E-state index in [4.69, 9.17) is 4.42 Å². The number of nitrogens with one attached hydrogen (secondary N) is 1. The molecular weight excluding hydrogens is 348 g/mol. The van der Waals surface area contributed by atoms with Gasteiger partial charge in [0.05, 0.1) is 18.1 Å². The van der Waals surface area contributed by atoms with Crippen molar-refractivity contribution in [3.05, 3.63) is 41.1 Å². The van der Waals surface area contributed by atoms with Crippen molar-refractivity contribution in [1.29, 1.82) is 0 Å². The Hall–Kier alpha value is -1.86. The molecule has 0 fully saturated rings. The quantitative estimate of drug-likeness (QED) is 0.535. The lowest BCUT2D eigenvalue weighted by Crippen LogP contribution is -2.38. The van der Waals surface area contributed by atoms with Gasteiger partial charge in [0.25, 0.3) is 0 Å². The summed E-state index contributed by atoms with van der Waals surface area (Å²) < 4.78 is 5.56. The number of likely N-dealkylation sites (N-methyl/N-ethyl adjacent to an activating group) is 1. The molecule has 7 heteroatoms. The largest absolute Gasteiger partial charge is 0.468 e. The number of hydrogen-bond donors (Lipinski definition) is 1. The molecule has 1 N–H and O–H groups in total. The zero-order valence-corrected chi connectivity index (χ0v) is 17.0. The van der Waals surface area contributed by atoms with E-state index >= 15 is 0 Å². The summed E-state index contributed by atoms with van der Waals surface area (Å²) in [6, 6.07) is 3.87.